The lowest BCUT2D eigenvalue weighted by atomic mass is 9.87. The molecule has 4 nitrogen and oxygen atoms in total. The van der Waals surface area contributed by atoms with E-state index >= 15 is 0 Å². The molecule has 0 aromatic heterocycles. The van der Waals surface area contributed by atoms with Crippen LogP contribution in [0.2, 0.25) is 0 Å². The Morgan fingerprint density at radius 1 is 1.38 bits per heavy atom. The summed E-state index contributed by atoms with van der Waals surface area (Å²) in [6.07, 6.45) is 5.30. The van der Waals surface area contributed by atoms with Crippen LogP contribution < -0.4 is 10.6 Å². The summed E-state index contributed by atoms with van der Waals surface area (Å²) >= 11 is 0. The summed E-state index contributed by atoms with van der Waals surface area (Å²) in [6.45, 7) is 5.79. The highest BCUT2D eigenvalue weighted by Crippen LogP contribution is 2.23. The highest BCUT2D eigenvalue weighted by Gasteiger charge is 2.20. The second kappa shape index (κ2) is 5.53. The number of carbonyl (C=O) groups excluding carboxylic acids is 1. The number of urea groups is 1. The van der Waals surface area contributed by atoms with Gasteiger partial charge in [0.05, 0.1) is 0 Å². The van der Waals surface area contributed by atoms with E-state index < -0.39 is 0 Å². The van der Waals surface area contributed by atoms with Crippen LogP contribution in [0.1, 0.15) is 32.6 Å². The van der Waals surface area contributed by atoms with Crippen molar-refractivity contribution in [3.8, 4) is 0 Å². The highest BCUT2D eigenvalue weighted by atomic mass is 16.2. The van der Waals surface area contributed by atoms with Gasteiger partial charge in [0.2, 0.25) is 0 Å². The zero-order chi connectivity index (χ0) is 11.4. The summed E-state index contributed by atoms with van der Waals surface area (Å²) in [7, 11) is 0. The Bertz CT molecular complexity index is 236. The summed E-state index contributed by atoms with van der Waals surface area (Å²) in [5.74, 6) is 0.905. The smallest absolute Gasteiger partial charge is 0.317 e. The summed E-state index contributed by atoms with van der Waals surface area (Å²) in [5, 5.41) is 6.39. The van der Waals surface area contributed by atoms with Crippen molar-refractivity contribution in [2.45, 2.75) is 38.6 Å². The van der Waals surface area contributed by atoms with Gasteiger partial charge in [0, 0.05) is 32.2 Å². The fourth-order valence-electron chi connectivity index (χ4n) is 2.59. The van der Waals surface area contributed by atoms with Crippen molar-refractivity contribution in [1.29, 1.82) is 0 Å². The van der Waals surface area contributed by atoms with E-state index in [-0.39, 0.29) is 6.03 Å². The number of carbonyl (C=O) groups is 1. The van der Waals surface area contributed by atoms with E-state index in [1.807, 2.05) is 4.90 Å². The lowest BCUT2D eigenvalue weighted by Crippen LogP contribution is -2.39. The van der Waals surface area contributed by atoms with Gasteiger partial charge in [-0.25, -0.2) is 4.79 Å². The molecule has 4 heteroatoms. The number of nitrogens with zero attached hydrogens (tertiary/aromatic N) is 1. The average molecular weight is 225 g/mol. The quantitative estimate of drug-likeness (QED) is 0.754. The number of amides is 2. The molecule has 0 atom stereocenters. The van der Waals surface area contributed by atoms with Crippen LogP contribution in [0.25, 0.3) is 0 Å². The van der Waals surface area contributed by atoms with Crippen molar-refractivity contribution >= 4 is 6.03 Å². The van der Waals surface area contributed by atoms with Gasteiger partial charge in [-0.05, 0) is 31.6 Å². The second-order valence-electron chi connectivity index (χ2n) is 5.13. The van der Waals surface area contributed by atoms with Gasteiger partial charge in [0.25, 0.3) is 0 Å². The third kappa shape index (κ3) is 3.11. The standard InChI is InChI=1S/C12H23N3O/c1-10-2-4-11(5-3-10)13-6-8-15-9-7-14-12(15)16/h10-11,13H,2-9H2,1H3,(H,14,16). The van der Waals surface area contributed by atoms with Crippen molar-refractivity contribution in [3.63, 3.8) is 0 Å². The summed E-state index contributed by atoms with van der Waals surface area (Å²) < 4.78 is 0. The molecule has 0 spiro atoms. The molecule has 0 radical (unpaired) electrons. The first-order valence-electron chi connectivity index (χ1n) is 6.52. The zero-order valence-corrected chi connectivity index (χ0v) is 10.2. The maximum absolute atomic E-state index is 11.3. The van der Waals surface area contributed by atoms with Gasteiger partial charge in [0.15, 0.2) is 0 Å². The molecule has 2 aliphatic rings. The van der Waals surface area contributed by atoms with Crippen molar-refractivity contribution < 1.29 is 4.79 Å². The zero-order valence-electron chi connectivity index (χ0n) is 10.2. The van der Waals surface area contributed by atoms with E-state index in [0.29, 0.717) is 6.04 Å². The minimum absolute atomic E-state index is 0.0964. The van der Waals surface area contributed by atoms with Gasteiger partial charge in [-0.3, -0.25) is 0 Å². The molecule has 1 saturated heterocycles. The maximum Gasteiger partial charge on any atom is 0.317 e. The molecule has 0 aromatic carbocycles. The second-order valence-corrected chi connectivity index (χ2v) is 5.13. The molecule has 2 N–H and O–H groups in total. The first kappa shape index (κ1) is 11.7. The predicted octanol–water partition coefficient (Wildman–Crippen LogP) is 1.18. The minimum atomic E-state index is 0.0964. The van der Waals surface area contributed by atoms with Gasteiger partial charge in [0.1, 0.15) is 0 Å². The number of hydrogen-bond donors (Lipinski definition) is 2. The molecule has 0 unspecified atom stereocenters. The third-order valence-electron chi connectivity index (χ3n) is 3.78. The molecule has 2 fully saturated rings. The summed E-state index contributed by atoms with van der Waals surface area (Å²) in [5.41, 5.74) is 0. The monoisotopic (exact) mass is 225 g/mol. The molecule has 1 aliphatic carbocycles. The summed E-state index contributed by atoms with van der Waals surface area (Å²) in [4.78, 5) is 13.2. The number of hydrogen-bond acceptors (Lipinski definition) is 2. The van der Waals surface area contributed by atoms with E-state index in [1.165, 1.54) is 25.7 Å². The molecular formula is C12H23N3O. The predicted molar refractivity (Wildman–Crippen MR) is 64.4 cm³/mol. The van der Waals surface area contributed by atoms with Crippen LogP contribution in [-0.2, 0) is 0 Å². The minimum Gasteiger partial charge on any atom is -0.336 e. The van der Waals surface area contributed by atoms with Crippen molar-refractivity contribution in [1.82, 2.24) is 15.5 Å². The molecule has 2 amide bonds. The van der Waals surface area contributed by atoms with Crippen LogP contribution in [0, 0.1) is 5.92 Å². The lowest BCUT2D eigenvalue weighted by Gasteiger charge is -2.27. The number of rotatable bonds is 4. The van der Waals surface area contributed by atoms with Crippen LogP contribution >= 0.6 is 0 Å². The Morgan fingerprint density at radius 3 is 2.75 bits per heavy atom. The molecule has 0 bridgehead atoms. The molecule has 16 heavy (non-hydrogen) atoms. The lowest BCUT2D eigenvalue weighted by molar-refractivity contribution is 0.215. The summed E-state index contributed by atoms with van der Waals surface area (Å²) in [6, 6.07) is 0.779. The molecule has 1 aliphatic heterocycles. The van der Waals surface area contributed by atoms with E-state index in [2.05, 4.69) is 17.6 Å². The van der Waals surface area contributed by atoms with E-state index in [9.17, 15) is 4.79 Å². The van der Waals surface area contributed by atoms with Crippen LogP contribution in [0.5, 0.6) is 0 Å². The van der Waals surface area contributed by atoms with Gasteiger partial charge >= 0.3 is 6.03 Å². The van der Waals surface area contributed by atoms with E-state index in [4.69, 9.17) is 0 Å². The Hall–Kier alpha value is -0.770. The van der Waals surface area contributed by atoms with Gasteiger partial charge in [-0.2, -0.15) is 0 Å². The molecular weight excluding hydrogens is 202 g/mol. The maximum atomic E-state index is 11.3. The van der Waals surface area contributed by atoms with E-state index in [1.54, 1.807) is 0 Å². The highest BCUT2D eigenvalue weighted by molar-refractivity contribution is 5.76. The van der Waals surface area contributed by atoms with E-state index in [0.717, 1.165) is 32.1 Å². The van der Waals surface area contributed by atoms with Crippen molar-refractivity contribution in [3.05, 3.63) is 0 Å². The first-order chi connectivity index (χ1) is 7.75. The molecule has 1 saturated carbocycles. The van der Waals surface area contributed by atoms with Crippen LogP contribution in [0.4, 0.5) is 4.79 Å². The largest absolute Gasteiger partial charge is 0.336 e. The van der Waals surface area contributed by atoms with Crippen LogP contribution in [0.3, 0.4) is 0 Å². The first-order valence-corrected chi connectivity index (χ1v) is 6.52. The van der Waals surface area contributed by atoms with Crippen LogP contribution in [0.15, 0.2) is 0 Å². The van der Waals surface area contributed by atoms with Crippen LogP contribution in [-0.4, -0.2) is 43.2 Å². The SMILES string of the molecule is CC1CCC(NCCN2CCNC2=O)CC1. The molecule has 0 aromatic rings. The Labute approximate surface area is 97.8 Å². The van der Waals surface area contributed by atoms with Crippen molar-refractivity contribution in [2.75, 3.05) is 26.2 Å². The Morgan fingerprint density at radius 2 is 2.12 bits per heavy atom. The van der Waals surface area contributed by atoms with Gasteiger partial charge in [-0.15, -0.1) is 0 Å². The van der Waals surface area contributed by atoms with Crippen molar-refractivity contribution in [2.24, 2.45) is 5.92 Å². The molecule has 1 heterocycles. The fourth-order valence-corrected chi connectivity index (χ4v) is 2.59. The Kier molecular flexibility index (Phi) is 4.04. The topological polar surface area (TPSA) is 44.4 Å². The van der Waals surface area contributed by atoms with Gasteiger partial charge < -0.3 is 15.5 Å². The third-order valence-corrected chi connectivity index (χ3v) is 3.78. The number of nitrogens with one attached hydrogen (secondary N) is 2. The molecule has 92 valence electrons. The Balaban J connectivity index is 1.59. The fraction of sp³-hybridized carbons (Fsp3) is 0.917. The average Bonchev–Trinajstić information content (AvgIpc) is 2.68. The molecule has 2 rings (SSSR count). The normalized spacial score (nSPS) is 30.6. The van der Waals surface area contributed by atoms with Gasteiger partial charge in [-0.1, -0.05) is 6.92 Å².